The van der Waals surface area contributed by atoms with Crippen molar-refractivity contribution in [3.8, 4) is 5.75 Å². The largest absolute Gasteiger partial charge is 0.489 e. The zero-order valence-corrected chi connectivity index (χ0v) is 20.4. The monoisotopic (exact) mass is 502 g/mol. The van der Waals surface area contributed by atoms with E-state index in [-0.39, 0.29) is 24.5 Å². The van der Waals surface area contributed by atoms with Crippen molar-refractivity contribution in [1.29, 1.82) is 0 Å². The Balaban J connectivity index is 1.67. The highest BCUT2D eigenvalue weighted by Gasteiger charge is 2.25. The van der Waals surface area contributed by atoms with Crippen LogP contribution in [0.15, 0.2) is 42.5 Å². The summed E-state index contributed by atoms with van der Waals surface area (Å²) >= 11 is 12.3. The molecule has 178 valence electrons. The lowest BCUT2D eigenvalue weighted by molar-refractivity contribution is -0.139. The van der Waals surface area contributed by atoms with Crippen molar-refractivity contribution in [2.45, 2.75) is 39.8 Å². The van der Waals surface area contributed by atoms with Gasteiger partial charge in [0, 0.05) is 33.3 Å². The summed E-state index contributed by atoms with van der Waals surface area (Å²) in [5.41, 5.74) is 3.04. The van der Waals surface area contributed by atoms with E-state index in [1.165, 1.54) is 6.92 Å². The average Bonchev–Trinajstić information content (AvgIpc) is 3.08. The second kappa shape index (κ2) is 10.8. The number of ketones is 1. The number of Topliss-reactive ketones (excluding diaryl/α,β-unsaturated/α-hetero) is 1. The molecule has 1 atom stereocenters. The quantitative estimate of drug-likeness (QED) is 0.350. The molecule has 3 rings (SSSR count). The molecule has 0 saturated carbocycles. The SMILES string of the molecule is CC(=O)c1c(C)[nH]c(C(=O)N[C@@H](Cc2ccc(OCc3c(Cl)cccc3Cl)cc2)C(=O)O)c1C. The highest BCUT2D eigenvalue weighted by atomic mass is 35.5. The molecule has 1 amide bonds. The maximum Gasteiger partial charge on any atom is 0.326 e. The van der Waals surface area contributed by atoms with Crippen LogP contribution < -0.4 is 10.1 Å². The highest BCUT2D eigenvalue weighted by molar-refractivity contribution is 6.35. The van der Waals surface area contributed by atoms with E-state index in [0.29, 0.717) is 43.7 Å². The van der Waals surface area contributed by atoms with E-state index in [1.807, 2.05) is 0 Å². The Hall–Kier alpha value is -3.29. The van der Waals surface area contributed by atoms with Crippen molar-refractivity contribution in [2.24, 2.45) is 0 Å². The standard InChI is InChI=1S/C25H24Cl2N2O5/c1-13-22(15(3)30)14(2)28-23(13)24(31)29-21(25(32)33)11-16-7-9-17(10-8-16)34-12-18-19(26)5-4-6-20(18)27/h4-10,21,28H,11-12H2,1-3H3,(H,29,31)(H,32,33)/t21-/m0/s1. The lowest BCUT2D eigenvalue weighted by atomic mass is 10.0. The van der Waals surface area contributed by atoms with Crippen LogP contribution in [0.2, 0.25) is 10.0 Å². The minimum absolute atomic E-state index is 0.0655. The number of carboxylic acid groups (broad SMARTS) is 1. The molecule has 3 N–H and O–H groups in total. The van der Waals surface area contributed by atoms with E-state index in [2.05, 4.69) is 10.3 Å². The summed E-state index contributed by atoms with van der Waals surface area (Å²) in [5.74, 6) is -1.36. The Labute approximate surface area is 207 Å². The first-order chi connectivity index (χ1) is 16.1. The van der Waals surface area contributed by atoms with Gasteiger partial charge in [-0.2, -0.15) is 0 Å². The van der Waals surface area contributed by atoms with E-state index >= 15 is 0 Å². The zero-order chi connectivity index (χ0) is 25.0. The van der Waals surface area contributed by atoms with Gasteiger partial charge in [0.25, 0.3) is 5.91 Å². The maximum absolute atomic E-state index is 12.7. The van der Waals surface area contributed by atoms with E-state index in [9.17, 15) is 19.5 Å². The molecule has 9 heteroatoms. The maximum atomic E-state index is 12.7. The van der Waals surface area contributed by atoms with E-state index in [1.54, 1.807) is 56.3 Å². The summed E-state index contributed by atoms with van der Waals surface area (Å²) in [5, 5.41) is 13.2. The number of aromatic amines is 1. The fraction of sp³-hybridized carbons (Fsp3) is 0.240. The topological polar surface area (TPSA) is 108 Å². The lowest BCUT2D eigenvalue weighted by Crippen LogP contribution is -2.42. The number of ether oxygens (including phenoxy) is 1. The van der Waals surface area contributed by atoms with Gasteiger partial charge < -0.3 is 20.1 Å². The van der Waals surface area contributed by atoms with Gasteiger partial charge in [-0.15, -0.1) is 0 Å². The molecule has 1 heterocycles. The second-order valence-corrected chi connectivity index (χ2v) is 8.70. The molecule has 0 saturated heterocycles. The molecule has 2 aromatic carbocycles. The van der Waals surface area contributed by atoms with Crippen LogP contribution in [-0.2, 0) is 17.8 Å². The molecular weight excluding hydrogens is 479 g/mol. The number of carboxylic acids is 1. The molecule has 0 bridgehead atoms. The van der Waals surface area contributed by atoms with Gasteiger partial charge in [-0.25, -0.2) is 4.79 Å². The number of amides is 1. The fourth-order valence-corrected chi connectivity index (χ4v) is 4.23. The smallest absolute Gasteiger partial charge is 0.326 e. The molecule has 0 aliphatic rings. The number of nitrogens with one attached hydrogen (secondary N) is 2. The third-order valence-electron chi connectivity index (χ3n) is 5.43. The Kier molecular flexibility index (Phi) is 8.02. The van der Waals surface area contributed by atoms with E-state index < -0.39 is 17.9 Å². The first kappa shape index (κ1) is 25.3. The molecule has 3 aromatic rings. The third-order valence-corrected chi connectivity index (χ3v) is 6.14. The number of hydrogen-bond donors (Lipinski definition) is 3. The molecule has 34 heavy (non-hydrogen) atoms. The number of aliphatic carboxylic acids is 1. The van der Waals surface area contributed by atoms with Gasteiger partial charge in [0.2, 0.25) is 0 Å². The van der Waals surface area contributed by atoms with E-state index in [0.717, 1.165) is 0 Å². The molecule has 0 aliphatic heterocycles. The second-order valence-electron chi connectivity index (χ2n) is 7.88. The first-order valence-corrected chi connectivity index (χ1v) is 11.2. The number of hydrogen-bond acceptors (Lipinski definition) is 4. The highest BCUT2D eigenvalue weighted by Crippen LogP contribution is 2.26. The molecule has 0 spiro atoms. The van der Waals surface area contributed by atoms with Crippen LogP contribution in [0, 0.1) is 13.8 Å². The van der Waals surface area contributed by atoms with Crippen LogP contribution in [-0.4, -0.2) is 33.8 Å². The van der Waals surface area contributed by atoms with Gasteiger partial charge in [-0.1, -0.05) is 41.4 Å². The molecule has 0 aliphatic carbocycles. The molecule has 1 aromatic heterocycles. The van der Waals surface area contributed by atoms with Gasteiger partial charge in [0.05, 0.1) is 0 Å². The summed E-state index contributed by atoms with van der Waals surface area (Å²) in [7, 11) is 0. The van der Waals surface area contributed by atoms with Crippen LogP contribution in [0.3, 0.4) is 0 Å². The summed E-state index contributed by atoms with van der Waals surface area (Å²) in [6.45, 7) is 4.95. The summed E-state index contributed by atoms with van der Waals surface area (Å²) in [6, 6.07) is 10.9. The normalized spacial score (nSPS) is 11.7. The van der Waals surface area contributed by atoms with Gasteiger partial charge in [0.1, 0.15) is 24.1 Å². The summed E-state index contributed by atoms with van der Waals surface area (Å²) in [4.78, 5) is 39.2. The number of halogens is 2. The van der Waals surface area contributed by atoms with Crippen molar-refractivity contribution in [3.63, 3.8) is 0 Å². The van der Waals surface area contributed by atoms with Gasteiger partial charge in [-0.3, -0.25) is 9.59 Å². The summed E-state index contributed by atoms with van der Waals surface area (Å²) < 4.78 is 5.74. The number of benzene rings is 2. The third kappa shape index (κ3) is 5.79. The van der Waals surface area contributed by atoms with Crippen molar-refractivity contribution >= 4 is 40.9 Å². The zero-order valence-electron chi connectivity index (χ0n) is 18.9. The number of aryl methyl sites for hydroxylation is 1. The van der Waals surface area contributed by atoms with Crippen LogP contribution in [0.25, 0.3) is 0 Å². The van der Waals surface area contributed by atoms with Crippen LogP contribution in [0.5, 0.6) is 5.75 Å². The van der Waals surface area contributed by atoms with Crippen molar-refractivity contribution < 1.29 is 24.2 Å². The molecule has 0 unspecified atom stereocenters. The van der Waals surface area contributed by atoms with E-state index in [4.69, 9.17) is 27.9 Å². The van der Waals surface area contributed by atoms with Crippen molar-refractivity contribution in [3.05, 3.63) is 86.2 Å². The Morgan fingerprint density at radius 3 is 2.21 bits per heavy atom. The summed E-state index contributed by atoms with van der Waals surface area (Å²) in [6.07, 6.45) is 0.0655. The van der Waals surface area contributed by atoms with Gasteiger partial charge >= 0.3 is 5.97 Å². The Bertz CT molecular complexity index is 1210. The van der Waals surface area contributed by atoms with Crippen molar-refractivity contribution in [2.75, 3.05) is 0 Å². The number of H-pyrrole nitrogens is 1. The first-order valence-electron chi connectivity index (χ1n) is 10.5. The predicted octanol–water partition coefficient (Wildman–Crippen LogP) is 5.15. The Morgan fingerprint density at radius 2 is 1.68 bits per heavy atom. The van der Waals surface area contributed by atoms with Crippen LogP contribution >= 0.6 is 23.2 Å². The minimum Gasteiger partial charge on any atom is -0.489 e. The fourth-order valence-electron chi connectivity index (χ4n) is 3.72. The number of rotatable bonds is 9. The molecular formula is C25H24Cl2N2O5. The number of aromatic nitrogens is 1. The average molecular weight is 503 g/mol. The van der Waals surface area contributed by atoms with Gasteiger partial charge in [0.15, 0.2) is 5.78 Å². The van der Waals surface area contributed by atoms with Gasteiger partial charge in [-0.05, 0) is 56.2 Å². The number of carbonyl (C=O) groups excluding carboxylic acids is 2. The van der Waals surface area contributed by atoms with Crippen LogP contribution in [0.1, 0.15) is 50.2 Å². The molecule has 7 nitrogen and oxygen atoms in total. The Morgan fingerprint density at radius 1 is 1.06 bits per heavy atom. The lowest BCUT2D eigenvalue weighted by Gasteiger charge is -2.15. The van der Waals surface area contributed by atoms with Crippen LogP contribution in [0.4, 0.5) is 0 Å². The number of carbonyl (C=O) groups is 3. The predicted molar refractivity (Wildman–Crippen MR) is 130 cm³/mol. The minimum atomic E-state index is -1.17. The molecule has 0 radical (unpaired) electrons. The van der Waals surface area contributed by atoms with Crippen molar-refractivity contribution in [1.82, 2.24) is 10.3 Å². The molecule has 0 fully saturated rings.